The van der Waals surface area contributed by atoms with E-state index in [0.29, 0.717) is 19.6 Å². The lowest BCUT2D eigenvalue weighted by Gasteiger charge is -2.15. The van der Waals surface area contributed by atoms with E-state index in [-0.39, 0.29) is 27.3 Å². The van der Waals surface area contributed by atoms with Gasteiger partial charge in [0.05, 0.1) is 20.3 Å². The standard InChI is InChI=1S/C12H14ClNO6S/c1-18-11-9(12(15)20-8-2-3-19-6-8)4-7(13)5-10(11)21(14,16)17/h4-5,8H,2-3,6H2,1H3,(H2,14,16,17). The van der Waals surface area contributed by atoms with Crippen molar-refractivity contribution < 1.29 is 27.4 Å². The van der Waals surface area contributed by atoms with Crippen molar-refractivity contribution in [3.8, 4) is 5.75 Å². The van der Waals surface area contributed by atoms with Gasteiger partial charge in [0.2, 0.25) is 10.0 Å². The molecule has 1 fully saturated rings. The van der Waals surface area contributed by atoms with E-state index in [0.717, 1.165) is 6.07 Å². The largest absolute Gasteiger partial charge is 0.494 e. The fraction of sp³-hybridized carbons (Fsp3) is 0.417. The van der Waals surface area contributed by atoms with E-state index in [4.69, 9.17) is 31.0 Å². The summed E-state index contributed by atoms with van der Waals surface area (Å²) in [6.45, 7) is 0.809. The zero-order valence-corrected chi connectivity index (χ0v) is 12.7. The monoisotopic (exact) mass is 335 g/mol. The van der Waals surface area contributed by atoms with Crippen LogP contribution in [0.5, 0.6) is 5.75 Å². The summed E-state index contributed by atoms with van der Waals surface area (Å²) < 4.78 is 38.4. The Morgan fingerprint density at radius 1 is 1.48 bits per heavy atom. The summed E-state index contributed by atoms with van der Waals surface area (Å²) in [5.74, 6) is -0.930. The second-order valence-electron chi connectivity index (χ2n) is 4.42. The van der Waals surface area contributed by atoms with Crippen LogP contribution in [0.4, 0.5) is 0 Å². The third-order valence-corrected chi connectivity index (χ3v) is 4.05. The second kappa shape index (κ2) is 6.18. The van der Waals surface area contributed by atoms with E-state index >= 15 is 0 Å². The molecule has 1 saturated heterocycles. The Morgan fingerprint density at radius 2 is 2.19 bits per heavy atom. The zero-order chi connectivity index (χ0) is 15.6. The first kappa shape index (κ1) is 16.0. The number of nitrogens with two attached hydrogens (primary N) is 1. The van der Waals surface area contributed by atoms with Gasteiger partial charge in [0.1, 0.15) is 16.6 Å². The third kappa shape index (κ3) is 3.65. The number of sulfonamides is 1. The number of hydrogen-bond acceptors (Lipinski definition) is 6. The summed E-state index contributed by atoms with van der Waals surface area (Å²) >= 11 is 5.84. The topological polar surface area (TPSA) is 105 Å². The molecule has 2 rings (SSSR count). The highest BCUT2D eigenvalue weighted by atomic mass is 35.5. The molecule has 1 atom stereocenters. The molecule has 0 spiro atoms. The minimum absolute atomic E-state index is 0.0365. The van der Waals surface area contributed by atoms with Crippen LogP contribution < -0.4 is 9.88 Å². The SMILES string of the molecule is COc1c(C(=O)OC2CCOC2)cc(Cl)cc1S(N)(=O)=O. The lowest BCUT2D eigenvalue weighted by molar-refractivity contribution is 0.0267. The maximum absolute atomic E-state index is 12.2. The number of methoxy groups -OCH3 is 1. The highest BCUT2D eigenvalue weighted by molar-refractivity contribution is 7.89. The number of primary sulfonamides is 1. The number of carbonyl (C=O) groups excluding carboxylic acids is 1. The van der Waals surface area contributed by atoms with Crippen LogP contribution >= 0.6 is 11.6 Å². The molecule has 0 aliphatic carbocycles. The molecule has 0 saturated carbocycles. The predicted octanol–water partition coefficient (Wildman–Crippen LogP) is 0.942. The second-order valence-corrected chi connectivity index (χ2v) is 6.39. The maximum Gasteiger partial charge on any atom is 0.342 e. The smallest absolute Gasteiger partial charge is 0.342 e. The Kier molecular flexibility index (Phi) is 4.72. The lowest BCUT2D eigenvalue weighted by atomic mass is 10.2. The highest BCUT2D eigenvalue weighted by Gasteiger charge is 2.27. The first-order valence-corrected chi connectivity index (χ1v) is 7.94. The van der Waals surface area contributed by atoms with Crippen molar-refractivity contribution in [3.63, 3.8) is 0 Å². The van der Waals surface area contributed by atoms with E-state index < -0.39 is 16.0 Å². The number of esters is 1. The van der Waals surface area contributed by atoms with Gasteiger partial charge in [0, 0.05) is 11.4 Å². The normalized spacial score (nSPS) is 18.5. The summed E-state index contributed by atoms with van der Waals surface area (Å²) in [5, 5.41) is 5.13. The summed E-state index contributed by atoms with van der Waals surface area (Å²) in [4.78, 5) is 11.8. The molecule has 0 bridgehead atoms. The van der Waals surface area contributed by atoms with Gasteiger partial charge in [-0.05, 0) is 12.1 Å². The van der Waals surface area contributed by atoms with Crippen LogP contribution in [0, 0.1) is 0 Å². The van der Waals surface area contributed by atoms with Gasteiger partial charge in [0.25, 0.3) is 0 Å². The van der Waals surface area contributed by atoms with Crippen molar-refractivity contribution in [2.45, 2.75) is 17.4 Å². The average Bonchev–Trinajstić information content (AvgIpc) is 2.89. The van der Waals surface area contributed by atoms with Crippen molar-refractivity contribution in [3.05, 3.63) is 22.7 Å². The van der Waals surface area contributed by atoms with Crippen LogP contribution in [0.15, 0.2) is 17.0 Å². The number of ether oxygens (including phenoxy) is 3. The Labute approximate surface area is 127 Å². The van der Waals surface area contributed by atoms with Crippen LogP contribution in [-0.2, 0) is 19.5 Å². The fourth-order valence-corrected chi connectivity index (χ4v) is 2.99. The van der Waals surface area contributed by atoms with E-state index in [9.17, 15) is 13.2 Å². The van der Waals surface area contributed by atoms with Crippen molar-refractivity contribution in [1.29, 1.82) is 0 Å². The van der Waals surface area contributed by atoms with Gasteiger partial charge in [0.15, 0.2) is 5.75 Å². The van der Waals surface area contributed by atoms with Gasteiger partial charge in [-0.3, -0.25) is 0 Å². The van der Waals surface area contributed by atoms with Crippen molar-refractivity contribution >= 4 is 27.6 Å². The molecule has 0 radical (unpaired) electrons. The summed E-state index contributed by atoms with van der Waals surface area (Å²) in [6.07, 6.45) is 0.204. The lowest BCUT2D eigenvalue weighted by Crippen LogP contribution is -2.20. The highest BCUT2D eigenvalue weighted by Crippen LogP contribution is 2.32. The molecular formula is C12H14ClNO6S. The Balaban J connectivity index is 2.42. The average molecular weight is 336 g/mol. The summed E-state index contributed by atoms with van der Waals surface area (Å²) in [5.41, 5.74) is -0.0964. The van der Waals surface area contributed by atoms with Crippen molar-refractivity contribution in [2.24, 2.45) is 5.14 Å². The molecular weight excluding hydrogens is 322 g/mol. The molecule has 1 aliphatic rings. The third-order valence-electron chi connectivity index (χ3n) is 2.91. The number of benzene rings is 1. The Bertz CT molecular complexity index is 654. The molecule has 0 aromatic heterocycles. The molecule has 2 N–H and O–H groups in total. The number of hydrogen-bond donors (Lipinski definition) is 1. The predicted molar refractivity (Wildman–Crippen MR) is 74.0 cm³/mol. The molecule has 1 unspecified atom stereocenters. The zero-order valence-electron chi connectivity index (χ0n) is 11.2. The van der Waals surface area contributed by atoms with Gasteiger partial charge in [-0.2, -0.15) is 0 Å². The molecule has 1 aromatic rings. The summed E-state index contributed by atoms with van der Waals surface area (Å²) in [6, 6.07) is 2.39. The number of rotatable bonds is 4. The number of halogens is 1. The molecule has 0 amide bonds. The quantitative estimate of drug-likeness (QED) is 0.821. The number of carbonyl (C=O) groups is 1. The molecule has 9 heteroatoms. The van der Waals surface area contributed by atoms with E-state index in [1.54, 1.807) is 0 Å². The van der Waals surface area contributed by atoms with E-state index in [1.807, 2.05) is 0 Å². The molecule has 1 heterocycles. The van der Waals surface area contributed by atoms with Crippen LogP contribution in [0.1, 0.15) is 16.8 Å². The van der Waals surface area contributed by atoms with Gasteiger partial charge in [-0.15, -0.1) is 0 Å². The molecule has 7 nitrogen and oxygen atoms in total. The van der Waals surface area contributed by atoms with Crippen molar-refractivity contribution in [2.75, 3.05) is 20.3 Å². The minimum Gasteiger partial charge on any atom is -0.494 e. The maximum atomic E-state index is 12.2. The van der Waals surface area contributed by atoms with E-state index in [2.05, 4.69) is 0 Å². The van der Waals surface area contributed by atoms with Crippen LogP contribution in [0.25, 0.3) is 0 Å². The van der Waals surface area contributed by atoms with Gasteiger partial charge >= 0.3 is 5.97 Å². The van der Waals surface area contributed by atoms with Crippen LogP contribution in [0.2, 0.25) is 5.02 Å². The molecule has 21 heavy (non-hydrogen) atoms. The molecule has 1 aromatic carbocycles. The Hall–Kier alpha value is -1.35. The fourth-order valence-electron chi connectivity index (χ4n) is 1.96. The molecule has 116 valence electrons. The van der Waals surface area contributed by atoms with Crippen LogP contribution in [0.3, 0.4) is 0 Å². The minimum atomic E-state index is -4.09. The van der Waals surface area contributed by atoms with Crippen molar-refractivity contribution in [1.82, 2.24) is 0 Å². The van der Waals surface area contributed by atoms with Gasteiger partial charge in [-0.1, -0.05) is 11.6 Å². The first-order chi connectivity index (χ1) is 9.82. The van der Waals surface area contributed by atoms with Gasteiger partial charge < -0.3 is 14.2 Å². The van der Waals surface area contributed by atoms with Crippen LogP contribution in [-0.4, -0.2) is 40.8 Å². The first-order valence-electron chi connectivity index (χ1n) is 6.02. The van der Waals surface area contributed by atoms with E-state index in [1.165, 1.54) is 13.2 Å². The molecule has 1 aliphatic heterocycles. The Morgan fingerprint density at radius 3 is 2.71 bits per heavy atom. The van der Waals surface area contributed by atoms with Gasteiger partial charge in [-0.25, -0.2) is 18.4 Å². The summed E-state index contributed by atoms with van der Waals surface area (Å²) in [7, 11) is -2.86.